The van der Waals surface area contributed by atoms with Gasteiger partial charge in [-0.1, -0.05) is 6.07 Å². The van der Waals surface area contributed by atoms with Gasteiger partial charge in [-0.05, 0) is 48.9 Å². The van der Waals surface area contributed by atoms with Crippen molar-refractivity contribution in [1.29, 1.82) is 0 Å². The summed E-state index contributed by atoms with van der Waals surface area (Å²) in [7, 11) is 0. The van der Waals surface area contributed by atoms with Gasteiger partial charge >= 0.3 is 6.36 Å². The van der Waals surface area contributed by atoms with E-state index < -0.39 is 6.36 Å². The predicted molar refractivity (Wildman–Crippen MR) is 122 cm³/mol. The van der Waals surface area contributed by atoms with Crippen molar-refractivity contribution in [1.82, 2.24) is 9.80 Å². The Morgan fingerprint density at radius 1 is 0.971 bits per heavy atom. The molecule has 2 aliphatic rings. The van der Waals surface area contributed by atoms with Crippen LogP contribution in [0.1, 0.15) is 23.2 Å². The van der Waals surface area contributed by atoms with Crippen molar-refractivity contribution in [3.05, 3.63) is 54.1 Å². The number of amides is 3. The lowest BCUT2D eigenvalue weighted by atomic mass is 10.1. The second-order valence-electron chi connectivity index (χ2n) is 8.39. The standard InChI is InChI=1S/C24H25F3N4O4/c25-24(26,27)35-20-8-6-18(7-9-20)28-21(32)16-29-11-13-30(14-12-29)23(34)17-3-1-4-19(15-17)31-10-2-5-22(31)33/h1,3-4,6-9,15H,2,5,10-14,16H2,(H,28,32). The summed E-state index contributed by atoms with van der Waals surface area (Å²) in [6, 6.07) is 12.0. The molecule has 4 rings (SSSR count). The molecule has 0 radical (unpaired) electrons. The zero-order valence-corrected chi connectivity index (χ0v) is 18.9. The number of halogens is 3. The third-order valence-electron chi connectivity index (χ3n) is 5.88. The van der Waals surface area contributed by atoms with Crippen LogP contribution < -0.4 is 15.0 Å². The third-order valence-corrected chi connectivity index (χ3v) is 5.88. The summed E-state index contributed by atoms with van der Waals surface area (Å²) in [6.45, 7) is 2.65. The fourth-order valence-corrected chi connectivity index (χ4v) is 4.16. The molecule has 35 heavy (non-hydrogen) atoms. The topological polar surface area (TPSA) is 82.2 Å². The molecular formula is C24H25F3N4O4. The van der Waals surface area contributed by atoms with Crippen LogP contribution in [0.25, 0.3) is 0 Å². The van der Waals surface area contributed by atoms with E-state index in [2.05, 4.69) is 10.1 Å². The van der Waals surface area contributed by atoms with E-state index >= 15 is 0 Å². The molecule has 0 bridgehead atoms. The first-order valence-corrected chi connectivity index (χ1v) is 11.3. The molecule has 2 heterocycles. The van der Waals surface area contributed by atoms with Gasteiger partial charge in [0.2, 0.25) is 11.8 Å². The molecular weight excluding hydrogens is 465 g/mol. The predicted octanol–water partition coefficient (Wildman–Crippen LogP) is 3.11. The fraction of sp³-hybridized carbons (Fsp3) is 0.375. The molecule has 11 heteroatoms. The first-order chi connectivity index (χ1) is 16.7. The molecule has 186 valence electrons. The van der Waals surface area contributed by atoms with Crippen LogP contribution in [0.5, 0.6) is 5.75 Å². The number of anilines is 2. The number of carbonyl (C=O) groups is 3. The van der Waals surface area contributed by atoms with Crippen molar-refractivity contribution < 1.29 is 32.3 Å². The quantitative estimate of drug-likeness (QED) is 0.673. The Labute approximate surface area is 200 Å². The Morgan fingerprint density at radius 2 is 1.69 bits per heavy atom. The molecule has 2 aliphatic heterocycles. The molecule has 0 aromatic heterocycles. The lowest BCUT2D eigenvalue weighted by Gasteiger charge is -2.34. The van der Waals surface area contributed by atoms with Gasteiger partial charge in [-0.2, -0.15) is 0 Å². The average Bonchev–Trinajstić information content (AvgIpc) is 3.25. The Kier molecular flexibility index (Phi) is 7.25. The Bertz CT molecular complexity index is 1080. The largest absolute Gasteiger partial charge is 0.573 e. The van der Waals surface area contributed by atoms with Crippen LogP contribution in [0.2, 0.25) is 0 Å². The summed E-state index contributed by atoms with van der Waals surface area (Å²) in [6.07, 6.45) is -3.44. The summed E-state index contributed by atoms with van der Waals surface area (Å²) in [4.78, 5) is 42.7. The highest BCUT2D eigenvalue weighted by Gasteiger charge is 2.31. The first kappa shape index (κ1) is 24.5. The van der Waals surface area contributed by atoms with Gasteiger partial charge < -0.3 is 19.9 Å². The zero-order chi connectivity index (χ0) is 25.0. The van der Waals surface area contributed by atoms with E-state index in [9.17, 15) is 27.6 Å². The normalized spacial score (nSPS) is 16.9. The SMILES string of the molecule is O=C(CN1CCN(C(=O)c2cccc(N3CCCC3=O)c2)CC1)Nc1ccc(OC(F)(F)F)cc1. The molecule has 0 unspecified atom stereocenters. The molecule has 8 nitrogen and oxygen atoms in total. The number of ether oxygens (including phenoxy) is 1. The fourth-order valence-electron chi connectivity index (χ4n) is 4.16. The van der Waals surface area contributed by atoms with E-state index in [1.165, 1.54) is 12.1 Å². The van der Waals surface area contributed by atoms with E-state index in [4.69, 9.17) is 0 Å². The summed E-state index contributed by atoms with van der Waals surface area (Å²) in [5.74, 6) is -0.734. The van der Waals surface area contributed by atoms with Crippen molar-refractivity contribution in [2.45, 2.75) is 19.2 Å². The summed E-state index contributed by atoms with van der Waals surface area (Å²) >= 11 is 0. The number of alkyl halides is 3. The maximum atomic E-state index is 13.0. The van der Waals surface area contributed by atoms with Gasteiger partial charge in [0.25, 0.3) is 5.91 Å². The van der Waals surface area contributed by atoms with Crippen LogP contribution in [0, 0.1) is 0 Å². The average molecular weight is 490 g/mol. The lowest BCUT2D eigenvalue weighted by Crippen LogP contribution is -2.50. The van der Waals surface area contributed by atoms with E-state index in [0.29, 0.717) is 50.4 Å². The monoisotopic (exact) mass is 490 g/mol. The van der Waals surface area contributed by atoms with E-state index in [1.54, 1.807) is 28.0 Å². The maximum absolute atomic E-state index is 13.0. The molecule has 0 atom stereocenters. The van der Waals surface area contributed by atoms with Gasteiger partial charge in [0.15, 0.2) is 0 Å². The highest BCUT2D eigenvalue weighted by atomic mass is 19.4. The Balaban J connectivity index is 1.25. The van der Waals surface area contributed by atoms with Gasteiger partial charge in [0.1, 0.15) is 5.75 Å². The van der Waals surface area contributed by atoms with Crippen molar-refractivity contribution in [2.24, 2.45) is 0 Å². The number of carbonyl (C=O) groups excluding carboxylic acids is 3. The molecule has 2 saturated heterocycles. The molecule has 0 saturated carbocycles. The van der Waals surface area contributed by atoms with E-state index in [-0.39, 0.29) is 30.0 Å². The summed E-state index contributed by atoms with van der Waals surface area (Å²) < 4.78 is 40.5. The third kappa shape index (κ3) is 6.50. The lowest BCUT2D eigenvalue weighted by molar-refractivity contribution is -0.274. The van der Waals surface area contributed by atoms with Gasteiger partial charge in [-0.15, -0.1) is 13.2 Å². The van der Waals surface area contributed by atoms with Gasteiger partial charge in [0.05, 0.1) is 6.54 Å². The Morgan fingerprint density at radius 3 is 2.31 bits per heavy atom. The minimum absolute atomic E-state index is 0.0621. The number of hydrogen-bond acceptors (Lipinski definition) is 5. The maximum Gasteiger partial charge on any atom is 0.573 e. The van der Waals surface area contributed by atoms with Crippen molar-refractivity contribution in [3.8, 4) is 5.75 Å². The number of nitrogens with zero attached hydrogens (tertiary/aromatic N) is 3. The first-order valence-electron chi connectivity index (χ1n) is 11.3. The van der Waals surface area contributed by atoms with Crippen molar-refractivity contribution in [2.75, 3.05) is 49.5 Å². The highest BCUT2D eigenvalue weighted by molar-refractivity contribution is 5.99. The van der Waals surface area contributed by atoms with Crippen molar-refractivity contribution in [3.63, 3.8) is 0 Å². The van der Waals surface area contributed by atoms with Crippen LogP contribution in [-0.4, -0.2) is 73.2 Å². The number of benzene rings is 2. The van der Waals surface area contributed by atoms with Gasteiger partial charge in [-0.25, -0.2) is 0 Å². The summed E-state index contributed by atoms with van der Waals surface area (Å²) in [5.41, 5.74) is 1.60. The second kappa shape index (κ2) is 10.3. The summed E-state index contributed by atoms with van der Waals surface area (Å²) in [5, 5.41) is 2.65. The van der Waals surface area contributed by atoms with E-state index in [1.807, 2.05) is 11.0 Å². The van der Waals surface area contributed by atoms with Crippen LogP contribution in [0.4, 0.5) is 24.5 Å². The minimum atomic E-state index is -4.77. The van der Waals surface area contributed by atoms with Crippen LogP contribution >= 0.6 is 0 Å². The number of rotatable bonds is 6. The molecule has 1 N–H and O–H groups in total. The van der Waals surface area contributed by atoms with Crippen LogP contribution in [-0.2, 0) is 9.59 Å². The van der Waals surface area contributed by atoms with Crippen molar-refractivity contribution >= 4 is 29.1 Å². The molecule has 0 aliphatic carbocycles. The molecule has 0 spiro atoms. The zero-order valence-electron chi connectivity index (χ0n) is 18.9. The smallest absolute Gasteiger partial charge is 0.406 e. The van der Waals surface area contributed by atoms with Crippen LogP contribution in [0.15, 0.2) is 48.5 Å². The highest BCUT2D eigenvalue weighted by Crippen LogP contribution is 2.25. The molecule has 2 aromatic carbocycles. The minimum Gasteiger partial charge on any atom is -0.406 e. The number of hydrogen-bond donors (Lipinski definition) is 1. The number of nitrogens with one attached hydrogen (secondary N) is 1. The van der Waals surface area contributed by atoms with Gasteiger partial charge in [-0.3, -0.25) is 19.3 Å². The van der Waals surface area contributed by atoms with E-state index in [0.717, 1.165) is 24.2 Å². The molecule has 2 fully saturated rings. The Hall–Kier alpha value is -3.60. The second-order valence-corrected chi connectivity index (χ2v) is 8.39. The van der Waals surface area contributed by atoms with Gasteiger partial charge in [0, 0.05) is 56.1 Å². The van der Waals surface area contributed by atoms with Crippen LogP contribution in [0.3, 0.4) is 0 Å². The molecule has 3 amide bonds. The number of piperazine rings is 1. The molecule has 2 aromatic rings.